The van der Waals surface area contributed by atoms with Crippen molar-refractivity contribution in [3.8, 4) is 5.75 Å². The molecule has 0 atom stereocenters. The summed E-state index contributed by atoms with van der Waals surface area (Å²) in [5, 5.41) is 9.23. The molecule has 1 aliphatic heterocycles. The summed E-state index contributed by atoms with van der Waals surface area (Å²) in [6, 6.07) is 5.22. The molecule has 0 unspecified atom stereocenters. The minimum Gasteiger partial charge on any atom is -0.493 e. The normalized spacial score (nSPS) is 24.1. The Labute approximate surface area is 171 Å². The Kier molecular flexibility index (Phi) is 6.73. The van der Waals surface area contributed by atoms with Crippen LogP contribution in [-0.2, 0) is 9.84 Å². The predicted octanol–water partition coefficient (Wildman–Crippen LogP) is 2.98. The van der Waals surface area contributed by atoms with E-state index in [-0.39, 0.29) is 9.92 Å². The summed E-state index contributed by atoms with van der Waals surface area (Å²) in [6.07, 6.45) is 4.63. The van der Waals surface area contributed by atoms with Crippen LogP contribution in [0.5, 0.6) is 5.75 Å². The molecule has 1 amide bonds. The van der Waals surface area contributed by atoms with E-state index in [0.29, 0.717) is 37.4 Å². The standard InChI is InChI=1S/C19H27ClN2O5S/c1-28(25,26)18-7-6-16(12-17(18)20)27-13-14-2-4-15(5-3-14)21-8-10-22(11-9-21)19(23)24/h6-7,12,14-15H,2-5,8-11,13H2,1H3,(H,23,24). The van der Waals surface area contributed by atoms with Gasteiger partial charge in [0, 0.05) is 44.5 Å². The van der Waals surface area contributed by atoms with Crippen LogP contribution in [0.25, 0.3) is 0 Å². The highest BCUT2D eigenvalue weighted by Crippen LogP contribution is 2.30. The zero-order chi connectivity index (χ0) is 20.3. The number of nitrogens with zero attached hydrogens (tertiary/aromatic N) is 2. The molecule has 0 spiro atoms. The van der Waals surface area contributed by atoms with Gasteiger partial charge in [0.2, 0.25) is 0 Å². The lowest BCUT2D eigenvalue weighted by Crippen LogP contribution is -2.52. The summed E-state index contributed by atoms with van der Waals surface area (Å²) in [5.74, 6) is 1.05. The Hall–Kier alpha value is -1.51. The van der Waals surface area contributed by atoms with E-state index in [0.717, 1.165) is 45.0 Å². The quantitative estimate of drug-likeness (QED) is 0.772. The first-order valence-electron chi connectivity index (χ1n) is 9.58. The molecule has 0 aromatic heterocycles. The molecule has 0 bridgehead atoms. The number of carbonyl (C=O) groups is 1. The Morgan fingerprint density at radius 1 is 1.18 bits per heavy atom. The van der Waals surface area contributed by atoms with E-state index in [1.807, 2.05) is 0 Å². The molecule has 1 aromatic carbocycles. The molecule has 1 aromatic rings. The van der Waals surface area contributed by atoms with Crippen molar-refractivity contribution < 1.29 is 23.1 Å². The van der Waals surface area contributed by atoms with Crippen molar-refractivity contribution in [3.63, 3.8) is 0 Å². The van der Waals surface area contributed by atoms with Crippen molar-refractivity contribution in [2.24, 2.45) is 5.92 Å². The van der Waals surface area contributed by atoms with Crippen LogP contribution in [0.3, 0.4) is 0 Å². The van der Waals surface area contributed by atoms with Gasteiger partial charge in [-0.05, 0) is 43.7 Å². The van der Waals surface area contributed by atoms with E-state index in [1.165, 1.54) is 11.0 Å². The average molecular weight is 431 g/mol. The molecular formula is C19H27ClN2O5S. The van der Waals surface area contributed by atoms with Crippen LogP contribution in [0, 0.1) is 5.92 Å². The molecule has 1 saturated carbocycles. The van der Waals surface area contributed by atoms with Gasteiger partial charge >= 0.3 is 6.09 Å². The second kappa shape index (κ2) is 8.88. The first-order chi connectivity index (χ1) is 13.2. The number of piperazine rings is 1. The molecule has 3 rings (SSSR count). The van der Waals surface area contributed by atoms with Crippen molar-refractivity contribution in [1.29, 1.82) is 0 Å². The monoisotopic (exact) mass is 430 g/mol. The van der Waals surface area contributed by atoms with Gasteiger partial charge in [0.05, 0.1) is 16.5 Å². The fourth-order valence-electron chi connectivity index (χ4n) is 4.04. The zero-order valence-electron chi connectivity index (χ0n) is 16.0. The molecule has 1 N–H and O–H groups in total. The molecule has 28 heavy (non-hydrogen) atoms. The van der Waals surface area contributed by atoms with E-state index in [1.54, 1.807) is 12.1 Å². The van der Waals surface area contributed by atoms with Crippen molar-refractivity contribution in [2.75, 3.05) is 39.0 Å². The van der Waals surface area contributed by atoms with Gasteiger partial charge in [-0.2, -0.15) is 0 Å². The first-order valence-corrected chi connectivity index (χ1v) is 11.9. The molecule has 2 aliphatic rings. The van der Waals surface area contributed by atoms with Gasteiger partial charge in [-0.1, -0.05) is 11.6 Å². The van der Waals surface area contributed by atoms with Crippen molar-refractivity contribution in [2.45, 2.75) is 36.6 Å². The van der Waals surface area contributed by atoms with Crippen LogP contribution in [0.1, 0.15) is 25.7 Å². The van der Waals surface area contributed by atoms with Gasteiger partial charge in [0.1, 0.15) is 5.75 Å². The summed E-state index contributed by atoms with van der Waals surface area (Å²) in [7, 11) is -3.34. The minimum absolute atomic E-state index is 0.116. The third-order valence-electron chi connectivity index (χ3n) is 5.71. The maximum absolute atomic E-state index is 11.6. The summed E-state index contributed by atoms with van der Waals surface area (Å²) in [4.78, 5) is 15.0. The van der Waals surface area contributed by atoms with Gasteiger partial charge < -0.3 is 14.7 Å². The number of benzene rings is 1. The van der Waals surface area contributed by atoms with E-state index in [9.17, 15) is 13.2 Å². The van der Waals surface area contributed by atoms with Crippen LogP contribution >= 0.6 is 11.6 Å². The number of carboxylic acid groups (broad SMARTS) is 1. The summed E-state index contributed by atoms with van der Waals surface area (Å²) < 4.78 is 29.1. The van der Waals surface area contributed by atoms with E-state index in [2.05, 4.69) is 4.90 Å². The fourth-order valence-corrected chi connectivity index (χ4v) is 5.36. The van der Waals surface area contributed by atoms with Crippen molar-refractivity contribution in [3.05, 3.63) is 23.2 Å². The van der Waals surface area contributed by atoms with E-state index >= 15 is 0 Å². The molecule has 1 aliphatic carbocycles. The van der Waals surface area contributed by atoms with Crippen molar-refractivity contribution >= 4 is 27.5 Å². The Morgan fingerprint density at radius 3 is 2.36 bits per heavy atom. The third kappa shape index (κ3) is 5.30. The highest BCUT2D eigenvalue weighted by atomic mass is 35.5. The Balaban J connectivity index is 1.44. The molecule has 2 fully saturated rings. The minimum atomic E-state index is -3.34. The summed E-state index contributed by atoms with van der Waals surface area (Å²) >= 11 is 6.07. The van der Waals surface area contributed by atoms with E-state index < -0.39 is 15.9 Å². The number of rotatable bonds is 5. The number of halogens is 1. The van der Waals surface area contributed by atoms with Gasteiger partial charge in [-0.25, -0.2) is 13.2 Å². The average Bonchev–Trinajstić information content (AvgIpc) is 2.66. The molecular weight excluding hydrogens is 404 g/mol. The lowest BCUT2D eigenvalue weighted by Gasteiger charge is -2.41. The van der Waals surface area contributed by atoms with Gasteiger partial charge in [-0.3, -0.25) is 4.90 Å². The van der Waals surface area contributed by atoms with Crippen LogP contribution < -0.4 is 4.74 Å². The predicted molar refractivity (Wildman–Crippen MR) is 107 cm³/mol. The number of hydrogen-bond acceptors (Lipinski definition) is 5. The Bertz CT molecular complexity index is 801. The molecule has 9 heteroatoms. The highest BCUT2D eigenvalue weighted by Gasteiger charge is 2.29. The molecule has 0 radical (unpaired) electrons. The molecule has 1 saturated heterocycles. The van der Waals surface area contributed by atoms with Crippen LogP contribution in [0.2, 0.25) is 5.02 Å². The number of amides is 1. The SMILES string of the molecule is CS(=O)(=O)c1ccc(OCC2CCC(N3CCN(C(=O)O)CC3)CC2)cc1Cl. The van der Waals surface area contributed by atoms with Crippen molar-refractivity contribution in [1.82, 2.24) is 9.80 Å². The fraction of sp³-hybridized carbons (Fsp3) is 0.632. The maximum atomic E-state index is 11.6. The zero-order valence-corrected chi connectivity index (χ0v) is 17.6. The summed E-state index contributed by atoms with van der Waals surface area (Å²) in [6.45, 7) is 3.38. The van der Waals surface area contributed by atoms with Gasteiger partial charge in [0.15, 0.2) is 9.84 Å². The van der Waals surface area contributed by atoms with Gasteiger partial charge in [0.25, 0.3) is 0 Å². The highest BCUT2D eigenvalue weighted by molar-refractivity contribution is 7.90. The topological polar surface area (TPSA) is 87.2 Å². The molecule has 156 valence electrons. The van der Waals surface area contributed by atoms with Gasteiger partial charge in [-0.15, -0.1) is 0 Å². The van der Waals surface area contributed by atoms with Crippen LogP contribution in [0.15, 0.2) is 23.1 Å². The lowest BCUT2D eigenvalue weighted by molar-refractivity contribution is 0.0619. The third-order valence-corrected chi connectivity index (χ3v) is 7.29. The van der Waals surface area contributed by atoms with Crippen LogP contribution in [-0.4, -0.2) is 74.5 Å². The van der Waals surface area contributed by atoms with E-state index in [4.69, 9.17) is 21.4 Å². The molecule has 7 nitrogen and oxygen atoms in total. The number of ether oxygens (including phenoxy) is 1. The summed E-state index contributed by atoms with van der Waals surface area (Å²) in [5.41, 5.74) is 0. The second-order valence-corrected chi connectivity index (χ2v) is 10.0. The lowest BCUT2D eigenvalue weighted by atomic mass is 9.85. The maximum Gasteiger partial charge on any atom is 0.407 e. The molecule has 1 heterocycles. The smallest absolute Gasteiger partial charge is 0.407 e. The number of hydrogen-bond donors (Lipinski definition) is 1. The second-order valence-electron chi connectivity index (χ2n) is 7.66. The van der Waals surface area contributed by atoms with Crippen LogP contribution in [0.4, 0.5) is 4.79 Å². The number of sulfone groups is 1. The Morgan fingerprint density at radius 2 is 1.82 bits per heavy atom. The largest absolute Gasteiger partial charge is 0.493 e. The first kappa shape index (κ1) is 21.2.